The molecule has 0 amide bonds. The fourth-order valence-electron chi connectivity index (χ4n) is 2.42. The molecule has 19 heavy (non-hydrogen) atoms. The maximum Gasteiger partial charge on any atom is 0.0991 e. The number of nitriles is 1. The van der Waals surface area contributed by atoms with Crippen molar-refractivity contribution in [2.75, 3.05) is 44.2 Å². The van der Waals surface area contributed by atoms with Gasteiger partial charge in [0, 0.05) is 38.5 Å². The van der Waals surface area contributed by atoms with Crippen LogP contribution in [0, 0.1) is 11.3 Å². The van der Waals surface area contributed by atoms with Crippen LogP contribution in [0.5, 0.6) is 0 Å². The molecule has 1 fully saturated rings. The third kappa shape index (κ3) is 3.95. The van der Waals surface area contributed by atoms with Gasteiger partial charge in [-0.25, -0.2) is 0 Å². The minimum absolute atomic E-state index is 0.297. The molecule has 0 aromatic heterocycles. The monoisotopic (exact) mass is 259 g/mol. The first-order valence-electron chi connectivity index (χ1n) is 6.92. The van der Waals surface area contributed by atoms with Crippen molar-refractivity contribution in [3.8, 4) is 6.07 Å². The van der Waals surface area contributed by atoms with E-state index in [0.29, 0.717) is 12.2 Å². The molecule has 1 heterocycles. The Labute approximate surface area is 114 Å². The summed E-state index contributed by atoms with van der Waals surface area (Å²) in [7, 11) is 0. The maximum absolute atomic E-state index is 8.79. The van der Waals surface area contributed by atoms with Gasteiger partial charge in [0.05, 0.1) is 11.6 Å². The molecule has 1 aliphatic rings. The zero-order valence-electron chi connectivity index (χ0n) is 11.3. The Morgan fingerprint density at radius 2 is 1.74 bits per heavy atom. The molecule has 0 radical (unpaired) electrons. The molecule has 4 nitrogen and oxygen atoms in total. The van der Waals surface area contributed by atoms with Crippen molar-refractivity contribution in [3.63, 3.8) is 0 Å². The number of aliphatic hydroxyl groups excluding tert-OH is 1. The second kappa shape index (κ2) is 7.13. The third-order valence-corrected chi connectivity index (χ3v) is 3.62. The molecule has 4 heteroatoms. The third-order valence-electron chi connectivity index (χ3n) is 3.62. The Balaban J connectivity index is 1.80. The minimum Gasteiger partial charge on any atom is -0.396 e. The summed E-state index contributed by atoms with van der Waals surface area (Å²) in [6, 6.07) is 9.96. The van der Waals surface area contributed by atoms with Crippen LogP contribution >= 0.6 is 0 Å². The van der Waals surface area contributed by atoms with E-state index in [1.54, 1.807) is 0 Å². The van der Waals surface area contributed by atoms with Gasteiger partial charge in [0.25, 0.3) is 0 Å². The number of piperazine rings is 1. The predicted octanol–water partition coefficient (Wildman–Crippen LogP) is 1.45. The van der Waals surface area contributed by atoms with E-state index < -0.39 is 0 Å². The van der Waals surface area contributed by atoms with Crippen LogP contribution in [0.15, 0.2) is 24.3 Å². The van der Waals surface area contributed by atoms with Crippen LogP contribution in [0.4, 0.5) is 5.69 Å². The Bertz CT molecular complexity index is 416. The topological polar surface area (TPSA) is 50.5 Å². The maximum atomic E-state index is 8.79. The van der Waals surface area contributed by atoms with Crippen LogP contribution in [0.2, 0.25) is 0 Å². The van der Waals surface area contributed by atoms with Crippen molar-refractivity contribution in [2.24, 2.45) is 0 Å². The van der Waals surface area contributed by atoms with Crippen molar-refractivity contribution in [2.45, 2.75) is 12.8 Å². The Morgan fingerprint density at radius 3 is 2.32 bits per heavy atom. The summed E-state index contributed by atoms with van der Waals surface area (Å²) >= 11 is 0. The second-order valence-electron chi connectivity index (χ2n) is 4.92. The number of hydrogen-bond donors (Lipinski definition) is 1. The SMILES string of the molecule is N#Cc1ccc(N2CCN(CCCCO)CC2)cc1. The molecule has 0 saturated carbocycles. The summed E-state index contributed by atoms with van der Waals surface area (Å²) in [5, 5.41) is 17.6. The first-order chi connectivity index (χ1) is 9.33. The first kappa shape index (κ1) is 13.9. The van der Waals surface area contributed by atoms with Crippen molar-refractivity contribution in [3.05, 3.63) is 29.8 Å². The average molecular weight is 259 g/mol. The largest absolute Gasteiger partial charge is 0.396 e. The summed E-state index contributed by atoms with van der Waals surface area (Å²) in [6.07, 6.45) is 1.98. The molecule has 0 spiro atoms. The van der Waals surface area contributed by atoms with E-state index in [4.69, 9.17) is 10.4 Å². The van der Waals surface area contributed by atoms with Gasteiger partial charge in [0.15, 0.2) is 0 Å². The van der Waals surface area contributed by atoms with Gasteiger partial charge in [-0.1, -0.05) is 0 Å². The van der Waals surface area contributed by atoms with Gasteiger partial charge in [-0.15, -0.1) is 0 Å². The van der Waals surface area contributed by atoms with Crippen LogP contribution in [-0.4, -0.2) is 49.3 Å². The molecule has 1 aromatic carbocycles. The number of hydrogen-bond acceptors (Lipinski definition) is 4. The van der Waals surface area contributed by atoms with Crippen LogP contribution < -0.4 is 4.90 Å². The Morgan fingerprint density at radius 1 is 1.05 bits per heavy atom. The van der Waals surface area contributed by atoms with Gasteiger partial charge in [-0.05, 0) is 43.7 Å². The summed E-state index contributed by atoms with van der Waals surface area (Å²) in [6.45, 7) is 5.60. The number of anilines is 1. The fourth-order valence-corrected chi connectivity index (χ4v) is 2.42. The summed E-state index contributed by atoms with van der Waals surface area (Å²) in [5.41, 5.74) is 1.92. The number of benzene rings is 1. The van der Waals surface area contributed by atoms with E-state index in [1.807, 2.05) is 24.3 Å². The lowest BCUT2D eigenvalue weighted by Gasteiger charge is -2.36. The zero-order valence-corrected chi connectivity index (χ0v) is 11.3. The van der Waals surface area contributed by atoms with Gasteiger partial charge in [0.2, 0.25) is 0 Å². The number of aliphatic hydroxyl groups is 1. The molecule has 1 N–H and O–H groups in total. The standard InChI is InChI=1S/C15H21N3O/c16-13-14-3-5-15(6-4-14)18-10-8-17(9-11-18)7-1-2-12-19/h3-6,19H,1-2,7-12H2. The Kier molecular flexibility index (Phi) is 5.20. The van der Waals surface area contributed by atoms with Crippen LogP contribution in [0.1, 0.15) is 18.4 Å². The molecule has 1 aliphatic heterocycles. The number of unbranched alkanes of at least 4 members (excludes halogenated alkanes) is 1. The van der Waals surface area contributed by atoms with Gasteiger partial charge >= 0.3 is 0 Å². The Hall–Kier alpha value is -1.57. The van der Waals surface area contributed by atoms with Crippen LogP contribution in [-0.2, 0) is 0 Å². The fraction of sp³-hybridized carbons (Fsp3) is 0.533. The lowest BCUT2D eigenvalue weighted by Crippen LogP contribution is -2.46. The van der Waals surface area contributed by atoms with Crippen molar-refractivity contribution in [1.29, 1.82) is 5.26 Å². The van der Waals surface area contributed by atoms with Gasteiger partial charge < -0.3 is 10.0 Å². The quantitative estimate of drug-likeness (QED) is 0.813. The van der Waals surface area contributed by atoms with Crippen molar-refractivity contribution < 1.29 is 5.11 Å². The highest BCUT2D eigenvalue weighted by molar-refractivity contribution is 5.50. The van der Waals surface area contributed by atoms with E-state index >= 15 is 0 Å². The van der Waals surface area contributed by atoms with Crippen LogP contribution in [0.25, 0.3) is 0 Å². The van der Waals surface area contributed by atoms with Crippen molar-refractivity contribution in [1.82, 2.24) is 4.90 Å². The molecule has 102 valence electrons. The molecule has 0 aliphatic carbocycles. The van der Waals surface area contributed by atoms with E-state index in [2.05, 4.69) is 15.9 Å². The molecule has 0 atom stereocenters. The number of nitrogens with zero attached hydrogens (tertiary/aromatic N) is 3. The van der Waals surface area contributed by atoms with E-state index in [-0.39, 0.29) is 0 Å². The highest BCUT2D eigenvalue weighted by Gasteiger charge is 2.16. The smallest absolute Gasteiger partial charge is 0.0991 e. The molecule has 0 unspecified atom stereocenters. The van der Waals surface area contributed by atoms with E-state index in [1.165, 1.54) is 5.69 Å². The lowest BCUT2D eigenvalue weighted by molar-refractivity contribution is 0.232. The molecule has 1 aromatic rings. The normalized spacial score (nSPS) is 16.3. The first-order valence-corrected chi connectivity index (χ1v) is 6.92. The van der Waals surface area contributed by atoms with Gasteiger partial charge in [-0.3, -0.25) is 4.90 Å². The minimum atomic E-state index is 0.297. The molecule has 2 rings (SSSR count). The molecular formula is C15H21N3O. The van der Waals surface area contributed by atoms with Gasteiger partial charge in [-0.2, -0.15) is 5.26 Å². The molecular weight excluding hydrogens is 238 g/mol. The van der Waals surface area contributed by atoms with Crippen molar-refractivity contribution >= 4 is 5.69 Å². The highest BCUT2D eigenvalue weighted by Crippen LogP contribution is 2.17. The van der Waals surface area contributed by atoms with E-state index in [9.17, 15) is 0 Å². The molecule has 1 saturated heterocycles. The lowest BCUT2D eigenvalue weighted by atomic mass is 10.2. The number of rotatable bonds is 5. The highest BCUT2D eigenvalue weighted by atomic mass is 16.2. The summed E-state index contributed by atoms with van der Waals surface area (Å²) < 4.78 is 0. The average Bonchev–Trinajstić information content (AvgIpc) is 2.48. The second-order valence-corrected chi connectivity index (χ2v) is 4.92. The summed E-state index contributed by atoms with van der Waals surface area (Å²) in [4.78, 5) is 4.82. The van der Waals surface area contributed by atoms with Crippen LogP contribution in [0.3, 0.4) is 0 Å². The van der Waals surface area contributed by atoms with E-state index in [0.717, 1.165) is 45.6 Å². The zero-order chi connectivity index (χ0) is 13.5. The summed E-state index contributed by atoms with van der Waals surface area (Å²) in [5.74, 6) is 0. The van der Waals surface area contributed by atoms with Gasteiger partial charge in [0.1, 0.15) is 0 Å². The molecule has 0 bridgehead atoms. The predicted molar refractivity (Wildman–Crippen MR) is 76.1 cm³/mol.